The van der Waals surface area contributed by atoms with Gasteiger partial charge < -0.3 is 19.7 Å². The van der Waals surface area contributed by atoms with Crippen LogP contribution in [-0.2, 0) is 11.2 Å². The summed E-state index contributed by atoms with van der Waals surface area (Å²) in [4.78, 5) is 11.8. The Bertz CT molecular complexity index is 853. The van der Waals surface area contributed by atoms with Gasteiger partial charge >= 0.3 is 6.09 Å². The molecule has 1 aromatic heterocycles. The van der Waals surface area contributed by atoms with Gasteiger partial charge in [-0.25, -0.2) is 4.79 Å². The molecule has 0 bridgehead atoms. The average Bonchev–Trinajstić information content (AvgIpc) is 3.29. The average molecular weight is 394 g/mol. The Morgan fingerprint density at radius 3 is 2.38 bits per heavy atom. The molecule has 0 saturated carbocycles. The minimum atomic E-state index is -0.650. The molecule has 0 aliphatic heterocycles. The Hall–Kier alpha value is -3.12. The number of aliphatic hydroxyl groups excluding tert-OH is 1. The van der Waals surface area contributed by atoms with Gasteiger partial charge in [-0.05, 0) is 30.4 Å². The summed E-state index contributed by atoms with van der Waals surface area (Å²) >= 11 is 0. The van der Waals surface area contributed by atoms with Crippen molar-refractivity contribution in [3.63, 3.8) is 0 Å². The number of methoxy groups -OCH3 is 1. The zero-order chi connectivity index (χ0) is 20.5. The fraction of sp³-hybridized carbons (Fsp3) is 0.304. The van der Waals surface area contributed by atoms with E-state index in [2.05, 4.69) is 22.6 Å². The molecule has 3 unspecified atom stereocenters. The molecule has 0 radical (unpaired) electrons. The lowest BCUT2D eigenvalue weighted by molar-refractivity contribution is 0.124. The molecular weight excluding hydrogens is 368 g/mol. The summed E-state index contributed by atoms with van der Waals surface area (Å²) in [6.45, 7) is 0. The molecule has 3 rings (SSSR count). The molecule has 1 amide bonds. The molecule has 6 heteroatoms. The Labute approximate surface area is 170 Å². The van der Waals surface area contributed by atoms with Crippen molar-refractivity contribution in [3.8, 4) is 0 Å². The first-order valence-electron chi connectivity index (χ1n) is 9.67. The maximum Gasteiger partial charge on any atom is 0.407 e. The van der Waals surface area contributed by atoms with E-state index in [1.807, 2.05) is 54.6 Å². The molecular formula is C23H26N2O4. The van der Waals surface area contributed by atoms with Gasteiger partial charge in [-0.1, -0.05) is 65.8 Å². The van der Waals surface area contributed by atoms with Gasteiger partial charge in [0.2, 0.25) is 0 Å². The first-order chi connectivity index (χ1) is 14.2. The van der Waals surface area contributed by atoms with Crippen LogP contribution in [0.1, 0.15) is 41.6 Å². The highest BCUT2D eigenvalue weighted by molar-refractivity contribution is 5.67. The van der Waals surface area contributed by atoms with E-state index in [9.17, 15) is 9.90 Å². The molecule has 0 spiro atoms. The molecule has 152 valence electrons. The van der Waals surface area contributed by atoms with E-state index < -0.39 is 12.2 Å². The number of amides is 1. The number of hydrogen-bond donors (Lipinski definition) is 2. The van der Waals surface area contributed by atoms with Crippen LogP contribution in [-0.4, -0.2) is 29.6 Å². The van der Waals surface area contributed by atoms with Crippen molar-refractivity contribution >= 4 is 6.09 Å². The zero-order valence-corrected chi connectivity index (χ0v) is 16.4. The number of rotatable bonds is 9. The number of nitrogens with zero attached hydrogens (tertiary/aromatic N) is 1. The second-order valence-electron chi connectivity index (χ2n) is 7.04. The summed E-state index contributed by atoms with van der Waals surface area (Å²) in [5.74, 6) is 0.000648. The monoisotopic (exact) mass is 394 g/mol. The largest absolute Gasteiger partial charge is 0.453 e. The molecule has 3 aromatic rings. The van der Waals surface area contributed by atoms with Crippen LogP contribution in [0.25, 0.3) is 0 Å². The van der Waals surface area contributed by atoms with Crippen LogP contribution in [0.4, 0.5) is 4.79 Å². The molecule has 29 heavy (non-hydrogen) atoms. The van der Waals surface area contributed by atoms with Gasteiger partial charge in [0.25, 0.3) is 0 Å². The Morgan fingerprint density at radius 1 is 1.07 bits per heavy atom. The minimum Gasteiger partial charge on any atom is -0.453 e. The van der Waals surface area contributed by atoms with Gasteiger partial charge in [0.05, 0.1) is 24.9 Å². The summed E-state index contributed by atoms with van der Waals surface area (Å²) in [5, 5.41) is 17.8. The maximum atomic E-state index is 11.8. The Kier molecular flexibility index (Phi) is 7.41. The second kappa shape index (κ2) is 10.4. The first kappa shape index (κ1) is 20.6. The van der Waals surface area contributed by atoms with E-state index in [-0.39, 0.29) is 12.0 Å². The third kappa shape index (κ3) is 6.19. The molecule has 0 aliphatic carbocycles. The topological polar surface area (TPSA) is 84.6 Å². The van der Waals surface area contributed by atoms with Crippen molar-refractivity contribution in [3.05, 3.63) is 89.8 Å². The SMILES string of the molecule is COC(=O)NC(CC(O)CC(Cc1ccccc1)c1ccon1)c1ccccc1. The van der Waals surface area contributed by atoms with Crippen LogP contribution in [0.5, 0.6) is 0 Å². The number of carbonyl (C=O) groups excluding carboxylic acids is 1. The van der Waals surface area contributed by atoms with Gasteiger partial charge in [0, 0.05) is 12.0 Å². The van der Waals surface area contributed by atoms with Crippen LogP contribution >= 0.6 is 0 Å². The summed E-state index contributed by atoms with van der Waals surface area (Å²) < 4.78 is 9.78. The lowest BCUT2D eigenvalue weighted by Gasteiger charge is -2.24. The van der Waals surface area contributed by atoms with Crippen molar-refractivity contribution in [2.45, 2.75) is 37.3 Å². The lowest BCUT2D eigenvalue weighted by Crippen LogP contribution is -2.31. The number of alkyl carbamates (subject to hydrolysis) is 1. The van der Waals surface area contributed by atoms with Gasteiger partial charge in [0.1, 0.15) is 6.26 Å². The highest BCUT2D eigenvalue weighted by atomic mass is 16.5. The molecule has 0 saturated heterocycles. The van der Waals surface area contributed by atoms with Crippen molar-refractivity contribution in [1.82, 2.24) is 10.5 Å². The van der Waals surface area contributed by atoms with E-state index in [4.69, 9.17) is 9.26 Å². The van der Waals surface area contributed by atoms with Crippen molar-refractivity contribution < 1.29 is 19.2 Å². The molecule has 0 aliphatic rings. The van der Waals surface area contributed by atoms with E-state index >= 15 is 0 Å². The van der Waals surface area contributed by atoms with E-state index in [0.29, 0.717) is 12.8 Å². The molecule has 0 fully saturated rings. The number of nitrogens with one attached hydrogen (secondary N) is 1. The molecule has 3 atom stereocenters. The van der Waals surface area contributed by atoms with Gasteiger partial charge in [-0.2, -0.15) is 0 Å². The van der Waals surface area contributed by atoms with Gasteiger partial charge in [0.15, 0.2) is 0 Å². The number of carbonyl (C=O) groups is 1. The lowest BCUT2D eigenvalue weighted by atomic mass is 9.88. The Balaban J connectivity index is 1.71. The van der Waals surface area contributed by atoms with E-state index in [0.717, 1.165) is 17.7 Å². The third-order valence-corrected chi connectivity index (χ3v) is 4.94. The summed E-state index contributed by atoms with van der Waals surface area (Å²) in [5.41, 5.74) is 2.89. The number of benzene rings is 2. The second-order valence-corrected chi connectivity index (χ2v) is 7.04. The van der Waals surface area contributed by atoms with E-state index in [1.54, 1.807) is 6.26 Å². The maximum absolute atomic E-state index is 11.8. The molecule has 2 N–H and O–H groups in total. The molecule has 6 nitrogen and oxygen atoms in total. The van der Waals surface area contributed by atoms with Crippen LogP contribution in [0.2, 0.25) is 0 Å². The van der Waals surface area contributed by atoms with Crippen molar-refractivity contribution in [2.24, 2.45) is 0 Å². The number of aromatic nitrogens is 1. The molecule has 1 heterocycles. The summed E-state index contributed by atoms with van der Waals surface area (Å²) in [6.07, 6.45) is 1.97. The van der Waals surface area contributed by atoms with E-state index in [1.165, 1.54) is 12.7 Å². The first-order valence-corrected chi connectivity index (χ1v) is 9.67. The highest BCUT2D eigenvalue weighted by Gasteiger charge is 2.24. The minimum absolute atomic E-state index is 0.000648. The van der Waals surface area contributed by atoms with Crippen molar-refractivity contribution in [2.75, 3.05) is 7.11 Å². The zero-order valence-electron chi connectivity index (χ0n) is 16.4. The van der Waals surface area contributed by atoms with Gasteiger partial charge in [-0.15, -0.1) is 0 Å². The number of aliphatic hydroxyl groups is 1. The van der Waals surface area contributed by atoms with Crippen LogP contribution in [0.3, 0.4) is 0 Å². The normalized spacial score (nSPS) is 14.0. The van der Waals surface area contributed by atoms with Crippen molar-refractivity contribution in [1.29, 1.82) is 0 Å². The third-order valence-electron chi connectivity index (χ3n) is 4.94. The summed E-state index contributed by atoms with van der Waals surface area (Å²) in [7, 11) is 1.33. The molecule has 2 aromatic carbocycles. The van der Waals surface area contributed by atoms with Crippen LogP contribution in [0, 0.1) is 0 Å². The standard InChI is InChI=1S/C23H26N2O4/c1-28-23(27)24-22(18-10-6-3-7-11-18)16-20(26)15-19(21-12-13-29-25-21)14-17-8-4-2-5-9-17/h2-13,19-20,22,26H,14-16H2,1H3,(H,24,27). The van der Waals surface area contributed by atoms with Gasteiger partial charge in [-0.3, -0.25) is 0 Å². The number of ether oxygens (including phenoxy) is 1. The Morgan fingerprint density at radius 2 is 1.76 bits per heavy atom. The fourth-order valence-corrected chi connectivity index (χ4v) is 3.50. The van der Waals surface area contributed by atoms with Crippen LogP contribution in [0.15, 0.2) is 77.5 Å². The predicted octanol–water partition coefficient (Wildman–Crippen LogP) is 4.24. The predicted molar refractivity (Wildman–Crippen MR) is 109 cm³/mol. The van der Waals surface area contributed by atoms with Crippen LogP contribution < -0.4 is 5.32 Å². The number of hydrogen-bond acceptors (Lipinski definition) is 5. The quantitative estimate of drug-likeness (QED) is 0.567. The highest BCUT2D eigenvalue weighted by Crippen LogP contribution is 2.28. The summed E-state index contributed by atoms with van der Waals surface area (Å²) in [6, 6.07) is 21.1. The smallest absolute Gasteiger partial charge is 0.407 e. The fourth-order valence-electron chi connectivity index (χ4n) is 3.50.